The maximum atomic E-state index is 13.3. The lowest BCUT2D eigenvalue weighted by molar-refractivity contribution is -0.384. The van der Waals surface area contributed by atoms with Crippen LogP contribution in [0.25, 0.3) is 22.3 Å². The molecule has 182 valence electrons. The first-order chi connectivity index (χ1) is 18.0. The Balaban J connectivity index is 1.43. The summed E-state index contributed by atoms with van der Waals surface area (Å²) in [6.45, 7) is 0.118. The van der Waals surface area contributed by atoms with E-state index in [4.69, 9.17) is 16.3 Å². The van der Waals surface area contributed by atoms with E-state index in [9.17, 15) is 14.9 Å². The summed E-state index contributed by atoms with van der Waals surface area (Å²) in [5, 5.41) is 16.2. The number of halogens is 1. The quantitative estimate of drug-likeness (QED) is 0.150. The van der Waals surface area contributed by atoms with Gasteiger partial charge in [-0.2, -0.15) is 9.78 Å². The third-order valence-electron chi connectivity index (χ3n) is 5.58. The number of para-hydroxylation sites is 1. The number of nitro groups is 1. The van der Waals surface area contributed by atoms with Gasteiger partial charge < -0.3 is 4.74 Å². The highest BCUT2D eigenvalue weighted by molar-refractivity contribution is 6.32. The molecule has 0 aliphatic heterocycles. The number of nitro benzene ring substituents is 1. The van der Waals surface area contributed by atoms with Gasteiger partial charge in [0.1, 0.15) is 12.4 Å². The van der Waals surface area contributed by atoms with Crippen LogP contribution in [0.2, 0.25) is 5.02 Å². The Morgan fingerprint density at radius 1 is 0.973 bits per heavy atom. The number of non-ortho nitro benzene ring substituents is 1. The standard InChI is InChI=1S/C28H19ClN4O4/c29-24-16-19(13-14-26(24)37-18-20-7-6-10-22(15-20)33(35)36)17-30-32-27(21-8-2-1-3-9-21)31-25-12-5-4-11-23(25)28(32)34/h1-17H,18H2. The summed E-state index contributed by atoms with van der Waals surface area (Å²) in [4.78, 5) is 28.5. The molecule has 0 aliphatic carbocycles. The van der Waals surface area contributed by atoms with Gasteiger partial charge >= 0.3 is 0 Å². The van der Waals surface area contributed by atoms with Crippen molar-refractivity contribution in [2.75, 3.05) is 0 Å². The topological polar surface area (TPSA) is 99.6 Å². The van der Waals surface area contributed by atoms with Gasteiger partial charge in [-0.15, -0.1) is 0 Å². The minimum absolute atomic E-state index is 0.00736. The summed E-state index contributed by atoms with van der Waals surface area (Å²) in [5.41, 5.74) is 2.34. The predicted molar refractivity (Wildman–Crippen MR) is 143 cm³/mol. The fourth-order valence-electron chi connectivity index (χ4n) is 3.76. The average molecular weight is 511 g/mol. The monoisotopic (exact) mass is 510 g/mol. The van der Waals surface area contributed by atoms with Crippen molar-refractivity contribution in [1.29, 1.82) is 0 Å². The second kappa shape index (κ2) is 10.4. The molecular formula is C28H19ClN4O4. The molecule has 0 N–H and O–H groups in total. The van der Waals surface area contributed by atoms with Crippen LogP contribution in [0.4, 0.5) is 5.69 Å². The van der Waals surface area contributed by atoms with E-state index in [2.05, 4.69) is 10.1 Å². The summed E-state index contributed by atoms with van der Waals surface area (Å²) in [7, 11) is 0. The Hall–Kier alpha value is -4.82. The minimum atomic E-state index is -0.454. The third kappa shape index (κ3) is 5.24. The van der Waals surface area contributed by atoms with E-state index in [0.717, 1.165) is 5.56 Å². The first-order valence-electron chi connectivity index (χ1n) is 11.3. The van der Waals surface area contributed by atoms with Gasteiger partial charge in [0.05, 0.1) is 27.1 Å². The van der Waals surface area contributed by atoms with Crippen molar-refractivity contribution in [2.24, 2.45) is 5.10 Å². The molecule has 0 bridgehead atoms. The van der Waals surface area contributed by atoms with Gasteiger partial charge in [0.2, 0.25) is 0 Å². The molecule has 0 spiro atoms. The third-order valence-corrected chi connectivity index (χ3v) is 5.88. The van der Waals surface area contributed by atoms with E-state index in [1.165, 1.54) is 23.0 Å². The van der Waals surface area contributed by atoms with Crippen LogP contribution < -0.4 is 10.3 Å². The van der Waals surface area contributed by atoms with Gasteiger partial charge in [-0.1, -0.05) is 66.2 Å². The van der Waals surface area contributed by atoms with E-state index < -0.39 is 4.92 Å². The molecule has 5 aromatic rings. The first kappa shape index (κ1) is 23.9. The molecule has 0 saturated carbocycles. The van der Waals surface area contributed by atoms with Crippen molar-refractivity contribution in [3.63, 3.8) is 0 Å². The van der Waals surface area contributed by atoms with Crippen LogP contribution in [-0.2, 0) is 6.61 Å². The molecule has 0 atom stereocenters. The molecule has 9 heteroatoms. The molecule has 1 heterocycles. The van der Waals surface area contributed by atoms with Crippen molar-refractivity contribution < 1.29 is 9.66 Å². The van der Waals surface area contributed by atoms with Gasteiger partial charge in [-0.25, -0.2) is 4.98 Å². The highest BCUT2D eigenvalue weighted by Gasteiger charge is 2.12. The lowest BCUT2D eigenvalue weighted by atomic mass is 10.2. The SMILES string of the molecule is O=c1c2ccccc2nc(-c2ccccc2)n1N=Cc1ccc(OCc2cccc([N+](=O)[O-])c2)c(Cl)c1. The van der Waals surface area contributed by atoms with Crippen molar-refractivity contribution >= 4 is 34.4 Å². The molecule has 8 nitrogen and oxygen atoms in total. The van der Waals surface area contributed by atoms with Crippen LogP contribution in [0.15, 0.2) is 107 Å². The number of aromatic nitrogens is 2. The Morgan fingerprint density at radius 2 is 1.76 bits per heavy atom. The zero-order chi connectivity index (χ0) is 25.8. The maximum absolute atomic E-state index is 13.3. The fourth-order valence-corrected chi connectivity index (χ4v) is 4.01. The van der Waals surface area contributed by atoms with E-state index in [1.807, 2.05) is 36.4 Å². The van der Waals surface area contributed by atoms with Crippen LogP contribution in [-0.4, -0.2) is 20.8 Å². The highest BCUT2D eigenvalue weighted by atomic mass is 35.5. The van der Waals surface area contributed by atoms with E-state index in [1.54, 1.807) is 48.5 Å². The number of fused-ring (bicyclic) bond motifs is 1. The average Bonchev–Trinajstić information content (AvgIpc) is 2.92. The summed E-state index contributed by atoms with van der Waals surface area (Å²) < 4.78 is 7.03. The van der Waals surface area contributed by atoms with Crippen LogP contribution in [0.5, 0.6) is 5.75 Å². The molecule has 0 unspecified atom stereocenters. The zero-order valence-electron chi connectivity index (χ0n) is 19.3. The molecular weight excluding hydrogens is 492 g/mol. The Kier molecular flexibility index (Phi) is 6.74. The number of nitrogens with zero attached hydrogens (tertiary/aromatic N) is 4. The van der Waals surface area contributed by atoms with Crippen molar-refractivity contribution in [3.05, 3.63) is 134 Å². The van der Waals surface area contributed by atoms with Gasteiger partial charge in [0.25, 0.3) is 11.2 Å². The number of hydrogen-bond acceptors (Lipinski definition) is 6. The Bertz CT molecular complexity index is 1700. The lowest BCUT2D eigenvalue weighted by Gasteiger charge is -2.10. The Morgan fingerprint density at radius 3 is 2.54 bits per heavy atom. The molecule has 4 aromatic carbocycles. The van der Waals surface area contributed by atoms with Crippen molar-refractivity contribution in [3.8, 4) is 17.1 Å². The van der Waals surface area contributed by atoms with Gasteiger partial charge in [0, 0.05) is 17.7 Å². The van der Waals surface area contributed by atoms with E-state index in [-0.39, 0.29) is 17.9 Å². The van der Waals surface area contributed by atoms with Crippen molar-refractivity contribution in [2.45, 2.75) is 6.61 Å². The summed E-state index contributed by atoms with van der Waals surface area (Å²) in [6, 6.07) is 27.8. The van der Waals surface area contributed by atoms with E-state index >= 15 is 0 Å². The number of rotatable bonds is 7. The molecule has 0 aliphatic rings. The van der Waals surface area contributed by atoms with Gasteiger partial charge in [-0.05, 0) is 41.5 Å². The molecule has 0 saturated heterocycles. The largest absolute Gasteiger partial charge is 0.487 e. The molecule has 0 amide bonds. The molecule has 0 fully saturated rings. The lowest BCUT2D eigenvalue weighted by Crippen LogP contribution is -2.20. The molecule has 5 rings (SSSR count). The summed E-state index contributed by atoms with van der Waals surface area (Å²) in [6.07, 6.45) is 1.53. The smallest absolute Gasteiger partial charge is 0.282 e. The maximum Gasteiger partial charge on any atom is 0.282 e. The summed E-state index contributed by atoms with van der Waals surface area (Å²) >= 11 is 6.42. The molecule has 0 radical (unpaired) electrons. The van der Waals surface area contributed by atoms with E-state index in [0.29, 0.717) is 38.6 Å². The van der Waals surface area contributed by atoms with Gasteiger partial charge in [0.15, 0.2) is 5.82 Å². The van der Waals surface area contributed by atoms with Crippen LogP contribution in [0, 0.1) is 10.1 Å². The minimum Gasteiger partial charge on any atom is -0.487 e. The molecule has 1 aromatic heterocycles. The van der Waals surface area contributed by atoms with Crippen LogP contribution in [0.1, 0.15) is 11.1 Å². The number of benzene rings is 4. The van der Waals surface area contributed by atoms with Crippen LogP contribution in [0.3, 0.4) is 0 Å². The van der Waals surface area contributed by atoms with Gasteiger partial charge in [-0.3, -0.25) is 14.9 Å². The second-order valence-corrected chi connectivity index (χ2v) is 8.49. The predicted octanol–water partition coefficient (Wildman–Crippen LogP) is 6.09. The van der Waals surface area contributed by atoms with Crippen molar-refractivity contribution in [1.82, 2.24) is 9.66 Å². The highest BCUT2D eigenvalue weighted by Crippen LogP contribution is 2.26. The van der Waals surface area contributed by atoms with Crippen LogP contribution >= 0.6 is 11.6 Å². The Labute approximate surface area is 216 Å². The number of ether oxygens (including phenoxy) is 1. The number of hydrogen-bond donors (Lipinski definition) is 0. The summed E-state index contributed by atoms with van der Waals surface area (Å²) in [5.74, 6) is 0.836. The molecule has 37 heavy (non-hydrogen) atoms. The fraction of sp³-hybridized carbons (Fsp3) is 0.0357. The zero-order valence-corrected chi connectivity index (χ0v) is 20.1. The second-order valence-electron chi connectivity index (χ2n) is 8.09. The first-order valence-corrected chi connectivity index (χ1v) is 11.6. The normalized spacial score (nSPS) is 11.2.